The molecule has 0 fully saturated rings. The number of hydrogen-bond acceptors (Lipinski definition) is 3. The van der Waals surface area contributed by atoms with Crippen LogP contribution in [-0.2, 0) is 21.9 Å². The maximum Gasteiger partial charge on any atom is 0.243 e. The molecule has 2 aromatic carbocycles. The van der Waals surface area contributed by atoms with Crippen LogP contribution in [0.4, 0.5) is 0 Å². The number of sulfonamides is 1. The number of hydrogen-bond donors (Lipinski definition) is 1. The number of nitrogens with zero attached hydrogens (tertiary/aromatic N) is 1. The van der Waals surface area contributed by atoms with Crippen LogP contribution in [0.5, 0.6) is 0 Å². The molecule has 4 nitrogen and oxygen atoms in total. The third-order valence-corrected chi connectivity index (χ3v) is 8.00. The number of halogens is 1. The minimum atomic E-state index is -3.63. The van der Waals surface area contributed by atoms with Gasteiger partial charge in [-0.2, -0.15) is 4.31 Å². The summed E-state index contributed by atoms with van der Waals surface area (Å²) < 4.78 is 28.4. The van der Waals surface area contributed by atoms with Crippen molar-refractivity contribution in [1.29, 1.82) is 0 Å². The molecule has 0 spiro atoms. The van der Waals surface area contributed by atoms with Crippen molar-refractivity contribution in [3.8, 4) is 0 Å². The number of benzene rings is 2. The van der Waals surface area contributed by atoms with Gasteiger partial charge in [0.2, 0.25) is 10.0 Å². The normalized spacial score (nSPS) is 14.5. The molecule has 1 N–H and O–H groups in total. The van der Waals surface area contributed by atoms with Gasteiger partial charge in [-0.1, -0.05) is 70.5 Å². The summed E-state index contributed by atoms with van der Waals surface area (Å²) in [6.07, 6.45) is 2.19. The zero-order valence-corrected chi connectivity index (χ0v) is 21.6. The Hall–Kier alpha value is -1.40. The maximum absolute atomic E-state index is 13.4. The third-order valence-electron chi connectivity index (χ3n) is 5.86. The maximum atomic E-state index is 13.4. The van der Waals surface area contributed by atoms with E-state index in [1.165, 1.54) is 11.1 Å². The van der Waals surface area contributed by atoms with Crippen molar-refractivity contribution >= 4 is 21.6 Å². The fourth-order valence-corrected chi connectivity index (χ4v) is 5.45. The van der Waals surface area contributed by atoms with Gasteiger partial charge in [-0.3, -0.25) is 0 Å². The Morgan fingerprint density at radius 3 is 2.06 bits per heavy atom. The Morgan fingerprint density at radius 1 is 0.938 bits per heavy atom. The molecule has 2 aromatic rings. The Bertz CT molecular complexity index is 935. The van der Waals surface area contributed by atoms with Crippen LogP contribution in [0.1, 0.15) is 58.6 Å². The van der Waals surface area contributed by atoms with E-state index in [4.69, 9.17) is 11.6 Å². The quantitative estimate of drug-likeness (QED) is 0.435. The van der Waals surface area contributed by atoms with Gasteiger partial charge in [0.1, 0.15) is 0 Å². The Morgan fingerprint density at radius 2 is 1.53 bits per heavy atom. The summed E-state index contributed by atoms with van der Waals surface area (Å²) in [6, 6.07) is 15.0. The summed E-state index contributed by atoms with van der Waals surface area (Å²) in [7, 11) is -3.63. The fourth-order valence-electron chi connectivity index (χ4n) is 3.75. The molecule has 0 bridgehead atoms. The Labute approximate surface area is 199 Å². The Kier molecular flexibility index (Phi) is 9.77. The summed E-state index contributed by atoms with van der Waals surface area (Å²) in [6.45, 7) is 11.7. The van der Waals surface area contributed by atoms with E-state index in [0.717, 1.165) is 6.42 Å². The van der Waals surface area contributed by atoms with Crippen LogP contribution in [0.3, 0.4) is 0 Å². The van der Waals surface area contributed by atoms with Crippen molar-refractivity contribution in [1.82, 2.24) is 4.31 Å². The first-order valence-electron chi connectivity index (χ1n) is 11.4. The summed E-state index contributed by atoms with van der Waals surface area (Å²) in [5, 5.41) is 9.71. The first kappa shape index (κ1) is 26.8. The van der Waals surface area contributed by atoms with Gasteiger partial charge < -0.3 is 5.11 Å². The van der Waals surface area contributed by atoms with Crippen molar-refractivity contribution in [2.24, 2.45) is 11.8 Å². The zero-order chi connectivity index (χ0) is 23.9. The molecular formula is C26H38ClNO3S. The highest BCUT2D eigenvalue weighted by Crippen LogP contribution is 2.25. The largest absolute Gasteiger partial charge is 0.396 e. The van der Waals surface area contributed by atoms with Crippen LogP contribution in [0.15, 0.2) is 53.4 Å². The summed E-state index contributed by atoms with van der Waals surface area (Å²) in [4.78, 5) is 0.262. The van der Waals surface area contributed by atoms with Crippen LogP contribution in [0.25, 0.3) is 0 Å². The molecule has 2 rings (SSSR count). The van der Waals surface area contributed by atoms with Crippen molar-refractivity contribution in [3.05, 3.63) is 64.7 Å². The molecule has 0 aliphatic carbocycles. The number of rotatable bonds is 11. The van der Waals surface area contributed by atoms with Gasteiger partial charge in [0.15, 0.2) is 0 Å². The average Bonchev–Trinajstić information content (AvgIpc) is 2.71. The molecule has 0 aliphatic rings. The van der Waals surface area contributed by atoms with Gasteiger partial charge >= 0.3 is 0 Å². The molecule has 0 aliphatic heterocycles. The first-order valence-corrected chi connectivity index (χ1v) is 13.2. The molecule has 0 saturated heterocycles. The third kappa shape index (κ3) is 7.87. The highest BCUT2D eigenvalue weighted by molar-refractivity contribution is 7.89. The van der Waals surface area contributed by atoms with Crippen LogP contribution in [-0.4, -0.2) is 37.5 Å². The molecular weight excluding hydrogens is 442 g/mol. The lowest BCUT2D eigenvalue weighted by Gasteiger charge is -2.27. The second kappa shape index (κ2) is 11.6. The van der Waals surface area contributed by atoms with Crippen LogP contribution >= 0.6 is 11.6 Å². The first-order chi connectivity index (χ1) is 14.9. The van der Waals surface area contributed by atoms with E-state index in [9.17, 15) is 13.5 Å². The van der Waals surface area contributed by atoms with Gasteiger partial charge in [-0.15, -0.1) is 0 Å². The molecule has 0 heterocycles. The topological polar surface area (TPSA) is 57.6 Å². The summed E-state index contributed by atoms with van der Waals surface area (Å²) in [5.74, 6) is 0.411. The standard InChI is InChI=1S/C26H38ClNO3S/c1-20(15-17-29)14-16-28(32(30,31)25-12-10-24(27)11-13-25)19-21(2)18-22-6-8-23(9-7-22)26(3,4)5/h6-13,20-21,29H,14-19H2,1-5H3/t20-,21?/m1/s1. The van der Waals surface area contributed by atoms with E-state index < -0.39 is 10.0 Å². The zero-order valence-electron chi connectivity index (χ0n) is 20.0. The lowest BCUT2D eigenvalue weighted by molar-refractivity contribution is 0.249. The highest BCUT2D eigenvalue weighted by Gasteiger charge is 2.26. The predicted molar refractivity (Wildman–Crippen MR) is 134 cm³/mol. The molecule has 6 heteroatoms. The van der Waals surface area contributed by atoms with E-state index in [2.05, 4.69) is 52.0 Å². The second-order valence-corrected chi connectivity index (χ2v) is 12.4. The number of aliphatic hydroxyl groups is 1. The monoisotopic (exact) mass is 479 g/mol. The van der Waals surface area contributed by atoms with Crippen molar-refractivity contribution in [2.75, 3.05) is 19.7 Å². The van der Waals surface area contributed by atoms with Gasteiger partial charge in [-0.05, 0) is 71.9 Å². The van der Waals surface area contributed by atoms with E-state index >= 15 is 0 Å². The summed E-state index contributed by atoms with van der Waals surface area (Å²) >= 11 is 5.96. The molecule has 0 saturated carbocycles. The number of aliphatic hydroxyl groups excluding tert-OH is 1. The van der Waals surface area contributed by atoms with Gasteiger partial charge in [0, 0.05) is 24.7 Å². The molecule has 0 radical (unpaired) electrons. The SMILES string of the molecule is CC(Cc1ccc(C(C)(C)C)cc1)CN(CC[C@@H](C)CCO)S(=O)(=O)c1ccc(Cl)cc1. The molecule has 178 valence electrons. The van der Waals surface area contributed by atoms with E-state index in [1.54, 1.807) is 28.6 Å². The van der Waals surface area contributed by atoms with Gasteiger partial charge in [-0.25, -0.2) is 8.42 Å². The van der Waals surface area contributed by atoms with Crippen LogP contribution < -0.4 is 0 Å². The van der Waals surface area contributed by atoms with Gasteiger partial charge in [0.25, 0.3) is 0 Å². The summed E-state index contributed by atoms with van der Waals surface area (Å²) in [5.41, 5.74) is 2.61. The minimum absolute atomic E-state index is 0.110. The van der Waals surface area contributed by atoms with Gasteiger partial charge in [0.05, 0.1) is 4.90 Å². The van der Waals surface area contributed by atoms with E-state index in [0.29, 0.717) is 31.0 Å². The molecule has 0 amide bonds. The second-order valence-electron chi connectivity index (χ2n) is 9.98. The molecule has 0 aromatic heterocycles. The van der Waals surface area contributed by atoms with E-state index in [-0.39, 0.29) is 28.8 Å². The molecule has 2 atom stereocenters. The minimum Gasteiger partial charge on any atom is -0.396 e. The van der Waals surface area contributed by atoms with Crippen LogP contribution in [0, 0.1) is 11.8 Å². The van der Waals surface area contributed by atoms with Crippen molar-refractivity contribution in [2.45, 2.75) is 64.2 Å². The highest BCUT2D eigenvalue weighted by atomic mass is 35.5. The van der Waals surface area contributed by atoms with Crippen molar-refractivity contribution < 1.29 is 13.5 Å². The average molecular weight is 480 g/mol. The lowest BCUT2D eigenvalue weighted by Crippen LogP contribution is -2.36. The Balaban J connectivity index is 2.16. The fraction of sp³-hybridized carbons (Fsp3) is 0.538. The predicted octanol–water partition coefficient (Wildman–Crippen LogP) is 5.92. The molecule has 1 unspecified atom stereocenters. The lowest BCUT2D eigenvalue weighted by atomic mass is 9.86. The van der Waals surface area contributed by atoms with Crippen molar-refractivity contribution in [3.63, 3.8) is 0 Å². The van der Waals surface area contributed by atoms with Crippen LogP contribution in [0.2, 0.25) is 5.02 Å². The smallest absolute Gasteiger partial charge is 0.243 e. The molecule has 32 heavy (non-hydrogen) atoms. The van der Waals surface area contributed by atoms with E-state index in [1.807, 2.05) is 6.92 Å².